The van der Waals surface area contributed by atoms with E-state index >= 15 is 0 Å². The van der Waals surface area contributed by atoms with Crippen molar-refractivity contribution in [2.45, 2.75) is 6.61 Å². The number of hydrogen-bond donors (Lipinski definition) is 2. The minimum Gasteiger partial charge on any atom is -0.497 e. The first-order valence-electron chi connectivity index (χ1n) is 6.00. The van der Waals surface area contributed by atoms with Crippen LogP contribution in [-0.2, 0) is 6.61 Å². The number of hydrogen-bond acceptors (Lipinski definition) is 3. The second-order valence-corrected chi connectivity index (χ2v) is 4.63. The number of nitrogens with two attached hydrogens (primary N) is 1. The Morgan fingerprint density at radius 3 is 2.50 bits per heavy atom. The number of nitrogen functional groups attached to an aromatic ring is 1. The lowest BCUT2D eigenvalue weighted by molar-refractivity contribution is 0.305. The first-order chi connectivity index (χ1) is 9.60. The number of benzene rings is 2. The zero-order valence-electron chi connectivity index (χ0n) is 11.0. The van der Waals surface area contributed by atoms with Crippen molar-refractivity contribution in [1.29, 1.82) is 5.41 Å². The second kappa shape index (κ2) is 6.30. The zero-order chi connectivity index (χ0) is 14.5. The normalized spacial score (nSPS) is 10.1. The lowest BCUT2D eigenvalue weighted by Crippen LogP contribution is -2.13. The molecule has 0 saturated carbocycles. The minimum atomic E-state index is -0.0720. The Morgan fingerprint density at radius 1 is 1.20 bits per heavy atom. The summed E-state index contributed by atoms with van der Waals surface area (Å²) in [6.07, 6.45) is 0. The molecule has 0 aromatic heterocycles. The molecular weight excluding hydrogens is 276 g/mol. The van der Waals surface area contributed by atoms with Crippen LogP contribution in [0.5, 0.6) is 11.5 Å². The molecule has 5 heteroatoms. The van der Waals surface area contributed by atoms with Gasteiger partial charge in [0.05, 0.1) is 12.7 Å². The fourth-order valence-electron chi connectivity index (χ4n) is 1.72. The predicted molar refractivity (Wildman–Crippen MR) is 79.8 cm³/mol. The van der Waals surface area contributed by atoms with Crippen LogP contribution in [0, 0.1) is 5.41 Å². The van der Waals surface area contributed by atoms with Crippen molar-refractivity contribution in [2.75, 3.05) is 7.11 Å². The van der Waals surface area contributed by atoms with Gasteiger partial charge in [0.2, 0.25) is 0 Å². The van der Waals surface area contributed by atoms with Gasteiger partial charge < -0.3 is 15.2 Å². The highest BCUT2D eigenvalue weighted by molar-refractivity contribution is 6.31. The molecule has 2 rings (SSSR count). The summed E-state index contributed by atoms with van der Waals surface area (Å²) in [4.78, 5) is 0. The molecule has 4 nitrogen and oxygen atoms in total. The Kier molecular flexibility index (Phi) is 4.48. The molecule has 3 N–H and O–H groups in total. The minimum absolute atomic E-state index is 0.0720. The Hall–Kier alpha value is -2.20. The van der Waals surface area contributed by atoms with E-state index in [2.05, 4.69) is 0 Å². The van der Waals surface area contributed by atoms with Gasteiger partial charge in [0.1, 0.15) is 23.9 Å². The van der Waals surface area contributed by atoms with Crippen LogP contribution in [0.25, 0.3) is 0 Å². The molecule has 0 radical (unpaired) electrons. The summed E-state index contributed by atoms with van der Waals surface area (Å²) >= 11 is 5.89. The Balaban J connectivity index is 2.12. The van der Waals surface area contributed by atoms with Crippen LogP contribution in [0.2, 0.25) is 5.02 Å². The molecule has 20 heavy (non-hydrogen) atoms. The maximum absolute atomic E-state index is 7.53. The summed E-state index contributed by atoms with van der Waals surface area (Å²) in [6, 6.07) is 12.6. The Labute approximate surface area is 122 Å². The van der Waals surface area contributed by atoms with Crippen molar-refractivity contribution in [2.24, 2.45) is 5.73 Å². The molecule has 2 aromatic carbocycles. The first-order valence-corrected chi connectivity index (χ1v) is 6.37. The third-order valence-electron chi connectivity index (χ3n) is 2.79. The molecular formula is C15H15ClN2O2. The smallest absolute Gasteiger partial charge is 0.130 e. The second-order valence-electron chi connectivity index (χ2n) is 4.19. The van der Waals surface area contributed by atoms with E-state index in [1.54, 1.807) is 25.3 Å². The van der Waals surface area contributed by atoms with E-state index in [9.17, 15) is 0 Å². The van der Waals surface area contributed by atoms with E-state index in [-0.39, 0.29) is 5.84 Å². The summed E-state index contributed by atoms with van der Waals surface area (Å²) in [5.74, 6) is 1.26. The number of amidine groups is 1. The topological polar surface area (TPSA) is 68.3 Å². The third-order valence-corrected chi connectivity index (χ3v) is 3.02. The molecule has 0 bridgehead atoms. The number of halogens is 1. The van der Waals surface area contributed by atoms with Crippen molar-refractivity contribution >= 4 is 17.4 Å². The van der Waals surface area contributed by atoms with Gasteiger partial charge >= 0.3 is 0 Å². The molecule has 0 saturated heterocycles. The van der Waals surface area contributed by atoms with Gasteiger partial charge in [-0.2, -0.15) is 0 Å². The molecule has 0 amide bonds. The van der Waals surface area contributed by atoms with Crippen LogP contribution in [0.4, 0.5) is 0 Å². The predicted octanol–water partition coefficient (Wildman–Crippen LogP) is 3.21. The summed E-state index contributed by atoms with van der Waals surface area (Å²) in [6.45, 7) is 0.381. The number of methoxy groups -OCH3 is 1. The molecule has 0 aliphatic carbocycles. The van der Waals surface area contributed by atoms with Crippen molar-refractivity contribution in [1.82, 2.24) is 0 Å². The van der Waals surface area contributed by atoms with Crippen LogP contribution in [0.3, 0.4) is 0 Å². The van der Waals surface area contributed by atoms with Gasteiger partial charge in [0.25, 0.3) is 0 Å². The van der Waals surface area contributed by atoms with Gasteiger partial charge in [0, 0.05) is 5.02 Å². The maximum atomic E-state index is 7.53. The number of ether oxygens (including phenoxy) is 2. The SMILES string of the molecule is COc1ccc(COc2ccc(Cl)cc2C(=N)N)cc1. The molecule has 2 aromatic rings. The highest BCUT2D eigenvalue weighted by atomic mass is 35.5. The Bertz CT molecular complexity index is 612. The van der Waals surface area contributed by atoms with Crippen LogP contribution >= 0.6 is 11.6 Å². The van der Waals surface area contributed by atoms with Gasteiger partial charge in [-0.3, -0.25) is 5.41 Å². The van der Waals surface area contributed by atoms with E-state index < -0.39 is 0 Å². The molecule has 0 aliphatic heterocycles. The fourth-order valence-corrected chi connectivity index (χ4v) is 1.89. The van der Waals surface area contributed by atoms with Crippen molar-refractivity contribution in [3.8, 4) is 11.5 Å². The van der Waals surface area contributed by atoms with Gasteiger partial charge in [-0.15, -0.1) is 0 Å². The molecule has 0 aliphatic rings. The van der Waals surface area contributed by atoms with E-state index in [4.69, 9.17) is 32.2 Å². The zero-order valence-corrected chi connectivity index (χ0v) is 11.8. The molecule has 0 heterocycles. The van der Waals surface area contributed by atoms with Crippen molar-refractivity contribution in [3.05, 3.63) is 58.6 Å². The standard InChI is InChI=1S/C15H15ClN2O2/c1-19-12-5-2-10(3-6-12)9-20-14-7-4-11(16)8-13(14)15(17)18/h2-8H,9H2,1H3,(H3,17,18). The van der Waals surface area contributed by atoms with Crippen LogP contribution in [0.15, 0.2) is 42.5 Å². The lowest BCUT2D eigenvalue weighted by atomic mass is 10.2. The van der Waals surface area contributed by atoms with Gasteiger partial charge in [-0.05, 0) is 35.9 Å². The highest BCUT2D eigenvalue weighted by Gasteiger charge is 2.08. The third kappa shape index (κ3) is 3.42. The summed E-state index contributed by atoms with van der Waals surface area (Å²) < 4.78 is 10.8. The van der Waals surface area contributed by atoms with Crippen LogP contribution in [-0.4, -0.2) is 12.9 Å². The van der Waals surface area contributed by atoms with E-state index in [0.717, 1.165) is 11.3 Å². The lowest BCUT2D eigenvalue weighted by Gasteiger charge is -2.11. The van der Waals surface area contributed by atoms with Gasteiger partial charge in [-0.25, -0.2) is 0 Å². The fraction of sp³-hybridized carbons (Fsp3) is 0.133. The average molecular weight is 291 g/mol. The van der Waals surface area contributed by atoms with Crippen molar-refractivity contribution in [3.63, 3.8) is 0 Å². The van der Waals surface area contributed by atoms with E-state index in [1.165, 1.54) is 0 Å². The number of rotatable bonds is 5. The highest BCUT2D eigenvalue weighted by Crippen LogP contribution is 2.23. The molecule has 104 valence electrons. The quantitative estimate of drug-likeness (QED) is 0.656. The number of nitrogens with one attached hydrogen (secondary N) is 1. The van der Waals surface area contributed by atoms with Gasteiger partial charge in [-0.1, -0.05) is 23.7 Å². The average Bonchev–Trinajstić information content (AvgIpc) is 2.46. The van der Waals surface area contributed by atoms with E-state index in [1.807, 2.05) is 24.3 Å². The summed E-state index contributed by atoms with van der Waals surface area (Å²) in [7, 11) is 1.62. The van der Waals surface area contributed by atoms with Crippen LogP contribution in [0.1, 0.15) is 11.1 Å². The molecule has 0 fully saturated rings. The largest absolute Gasteiger partial charge is 0.497 e. The molecule has 0 spiro atoms. The molecule has 0 unspecified atom stereocenters. The monoisotopic (exact) mass is 290 g/mol. The maximum Gasteiger partial charge on any atom is 0.130 e. The summed E-state index contributed by atoms with van der Waals surface area (Å²) in [5, 5.41) is 8.05. The summed E-state index contributed by atoms with van der Waals surface area (Å²) in [5.41, 5.74) is 7.01. The van der Waals surface area contributed by atoms with Crippen LogP contribution < -0.4 is 15.2 Å². The van der Waals surface area contributed by atoms with Crippen molar-refractivity contribution < 1.29 is 9.47 Å². The molecule has 0 atom stereocenters. The Morgan fingerprint density at radius 2 is 1.90 bits per heavy atom. The first kappa shape index (κ1) is 14.2. The van der Waals surface area contributed by atoms with Gasteiger partial charge in [0.15, 0.2) is 0 Å². The van der Waals surface area contributed by atoms with E-state index in [0.29, 0.717) is 22.9 Å².